The second-order valence-corrected chi connectivity index (χ2v) is 3.72. The van der Waals surface area contributed by atoms with Gasteiger partial charge in [-0.05, 0) is 6.07 Å². The lowest BCUT2D eigenvalue weighted by molar-refractivity contribution is -0.0159. The van der Waals surface area contributed by atoms with Crippen LogP contribution in [0.5, 0.6) is 0 Å². The molecule has 0 saturated carbocycles. The molecule has 1 aliphatic rings. The van der Waals surface area contributed by atoms with Gasteiger partial charge < -0.3 is 15.2 Å². The van der Waals surface area contributed by atoms with E-state index >= 15 is 0 Å². The van der Waals surface area contributed by atoms with Crippen LogP contribution in [0.2, 0.25) is 0 Å². The molecule has 1 aromatic heterocycles. The first-order valence-corrected chi connectivity index (χ1v) is 5.25. The Morgan fingerprint density at radius 1 is 1.44 bits per heavy atom. The largest absolute Gasteiger partial charge is 0.459 e. The van der Waals surface area contributed by atoms with Gasteiger partial charge in [0.15, 0.2) is 0 Å². The van der Waals surface area contributed by atoms with E-state index in [4.69, 9.17) is 15.2 Å². The maximum Gasteiger partial charge on any atom is 0.340 e. The first kappa shape index (κ1) is 10.9. The van der Waals surface area contributed by atoms with Crippen molar-refractivity contribution >= 4 is 11.7 Å². The van der Waals surface area contributed by atoms with Crippen molar-refractivity contribution in [2.45, 2.75) is 18.9 Å². The fraction of sp³-hybridized carbons (Fsp3) is 0.455. The van der Waals surface area contributed by atoms with Crippen molar-refractivity contribution in [2.24, 2.45) is 0 Å². The van der Waals surface area contributed by atoms with Gasteiger partial charge in [-0.2, -0.15) is 0 Å². The summed E-state index contributed by atoms with van der Waals surface area (Å²) in [4.78, 5) is 15.6. The number of pyridine rings is 1. The normalized spacial score (nSPS) is 17.0. The van der Waals surface area contributed by atoms with Gasteiger partial charge in [0.2, 0.25) is 0 Å². The minimum absolute atomic E-state index is 0.0531. The second kappa shape index (κ2) is 4.94. The van der Waals surface area contributed by atoms with Gasteiger partial charge in [0.05, 0.1) is 24.5 Å². The third kappa shape index (κ3) is 2.70. The number of carbonyl (C=O) groups excluding carboxylic acids is 1. The average molecular weight is 222 g/mol. The highest BCUT2D eigenvalue weighted by Gasteiger charge is 2.19. The molecule has 2 rings (SSSR count). The number of hydrogen-bond donors (Lipinski definition) is 1. The Bertz CT molecular complexity index is 375. The van der Waals surface area contributed by atoms with E-state index in [2.05, 4.69) is 4.98 Å². The molecule has 5 heteroatoms. The quantitative estimate of drug-likeness (QED) is 0.755. The van der Waals surface area contributed by atoms with Gasteiger partial charge in [0.1, 0.15) is 6.10 Å². The molecule has 0 unspecified atom stereocenters. The summed E-state index contributed by atoms with van der Waals surface area (Å²) in [6, 6.07) is 1.56. The summed E-state index contributed by atoms with van der Waals surface area (Å²) in [5.41, 5.74) is 6.39. The molecule has 0 radical (unpaired) electrons. The van der Waals surface area contributed by atoms with E-state index in [9.17, 15) is 4.79 Å². The van der Waals surface area contributed by atoms with E-state index in [-0.39, 0.29) is 12.1 Å². The van der Waals surface area contributed by atoms with Gasteiger partial charge in [-0.15, -0.1) is 0 Å². The van der Waals surface area contributed by atoms with Gasteiger partial charge >= 0.3 is 5.97 Å². The smallest absolute Gasteiger partial charge is 0.340 e. The van der Waals surface area contributed by atoms with Crippen LogP contribution in [0.15, 0.2) is 18.5 Å². The zero-order chi connectivity index (χ0) is 11.4. The summed E-state index contributed by atoms with van der Waals surface area (Å²) >= 11 is 0. The Balaban J connectivity index is 1.97. The number of nitrogens with zero attached hydrogens (tertiary/aromatic N) is 1. The third-order valence-corrected chi connectivity index (χ3v) is 2.44. The molecule has 0 amide bonds. The van der Waals surface area contributed by atoms with E-state index in [0.717, 1.165) is 12.8 Å². The molecule has 1 fully saturated rings. The highest BCUT2D eigenvalue weighted by Crippen LogP contribution is 2.14. The average Bonchev–Trinajstić information content (AvgIpc) is 2.30. The van der Waals surface area contributed by atoms with Crippen molar-refractivity contribution in [2.75, 3.05) is 18.9 Å². The Morgan fingerprint density at radius 2 is 2.19 bits per heavy atom. The van der Waals surface area contributed by atoms with Crippen molar-refractivity contribution in [1.82, 2.24) is 4.98 Å². The zero-order valence-electron chi connectivity index (χ0n) is 8.89. The van der Waals surface area contributed by atoms with Gasteiger partial charge in [0.25, 0.3) is 0 Å². The number of aromatic nitrogens is 1. The Kier molecular flexibility index (Phi) is 3.36. The van der Waals surface area contributed by atoms with Crippen LogP contribution in [0, 0.1) is 0 Å². The molecule has 0 aromatic carbocycles. The van der Waals surface area contributed by atoms with E-state index < -0.39 is 0 Å². The van der Waals surface area contributed by atoms with Crippen molar-refractivity contribution < 1.29 is 14.3 Å². The van der Waals surface area contributed by atoms with E-state index in [0.29, 0.717) is 24.5 Å². The topological polar surface area (TPSA) is 74.4 Å². The van der Waals surface area contributed by atoms with Crippen LogP contribution < -0.4 is 5.73 Å². The van der Waals surface area contributed by atoms with Crippen molar-refractivity contribution in [3.63, 3.8) is 0 Å². The number of nitrogen functional groups attached to an aromatic ring is 1. The monoisotopic (exact) mass is 222 g/mol. The summed E-state index contributed by atoms with van der Waals surface area (Å²) in [5.74, 6) is -0.369. The minimum Gasteiger partial charge on any atom is -0.459 e. The first-order valence-electron chi connectivity index (χ1n) is 5.25. The van der Waals surface area contributed by atoms with Gasteiger partial charge in [-0.25, -0.2) is 4.79 Å². The van der Waals surface area contributed by atoms with Crippen LogP contribution in [0.1, 0.15) is 23.2 Å². The molecule has 1 aromatic rings. The molecule has 1 saturated heterocycles. The van der Waals surface area contributed by atoms with E-state index in [1.54, 1.807) is 6.07 Å². The van der Waals surface area contributed by atoms with Gasteiger partial charge in [-0.3, -0.25) is 4.98 Å². The molecular formula is C11H14N2O3. The maximum atomic E-state index is 11.7. The van der Waals surface area contributed by atoms with Crippen LogP contribution in [-0.2, 0) is 9.47 Å². The number of carbonyl (C=O) groups is 1. The lowest BCUT2D eigenvalue weighted by atomic mass is 10.1. The molecule has 0 bridgehead atoms. The molecular weight excluding hydrogens is 208 g/mol. The standard InChI is InChI=1S/C11H14N2O3/c12-9-5-8(6-13-7-9)11(14)16-10-1-3-15-4-2-10/h5-7,10H,1-4,12H2. The highest BCUT2D eigenvalue weighted by atomic mass is 16.6. The first-order chi connectivity index (χ1) is 7.75. The zero-order valence-corrected chi connectivity index (χ0v) is 8.89. The number of esters is 1. The van der Waals surface area contributed by atoms with Gasteiger partial charge in [0, 0.05) is 25.2 Å². The molecule has 16 heavy (non-hydrogen) atoms. The van der Waals surface area contributed by atoms with Crippen LogP contribution in [0.3, 0.4) is 0 Å². The van der Waals surface area contributed by atoms with Crippen LogP contribution >= 0.6 is 0 Å². The Morgan fingerprint density at radius 3 is 2.88 bits per heavy atom. The van der Waals surface area contributed by atoms with Crippen molar-refractivity contribution in [1.29, 1.82) is 0 Å². The summed E-state index contributed by atoms with van der Waals surface area (Å²) < 4.78 is 10.5. The predicted octanol–water partition coefficient (Wildman–Crippen LogP) is 1.000. The summed E-state index contributed by atoms with van der Waals surface area (Å²) in [5, 5.41) is 0. The Hall–Kier alpha value is -1.62. The highest BCUT2D eigenvalue weighted by molar-refractivity contribution is 5.90. The van der Waals surface area contributed by atoms with Gasteiger partial charge in [-0.1, -0.05) is 0 Å². The fourth-order valence-electron chi connectivity index (χ4n) is 1.58. The number of nitrogens with two attached hydrogens (primary N) is 1. The maximum absolute atomic E-state index is 11.7. The number of ether oxygens (including phenoxy) is 2. The second-order valence-electron chi connectivity index (χ2n) is 3.72. The molecule has 2 N–H and O–H groups in total. The summed E-state index contributed by atoms with van der Waals surface area (Å²) in [6.07, 6.45) is 4.40. The summed E-state index contributed by atoms with van der Waals surface area (Å²) in [6.45, 7) is 1.29. The molecule has 86 valence electrons. The van der Waals surface area contributed by atoms with E-state index in [1.165, 1.54) is 12.4 Å². The van der Waals surface area contributed by atoms with E-state index in [1.807, 2.05) is 0 Å². The Labute approximate surface area is 93.6 Å². The third-order valence-electron chi connectivity index (χ3n) is 2.44. The number of anilines is 1. The molecule has 1 aliphatic heterocycles. The molecule has 0 aliphatic carbocycles. The van der Waals surface area contributed by atoms with Crippen LogP contribution in [0.4, 0.5) is 5.69 Å². The SMILES string of the molecule is Nc1cncc(C(=O)OC2CCOCC2)c1. The lowest BCUT2D eigenvalue weighted by Gasteiger charge is -2.22. The molecule has 2 heterocycles. The van der Waals surface area contributed by atoms with Crippen molar-refractivity contribution in [3.8, 4) is 0 Å². The number of hydrogen-bond acceptors (Lipinski definition) is 5. The number of rotatable bonds is 2. The summed E-state index contributed by atoms with van der Waals surface area (Å²) in [7, 11) is 0. The van der Waals surface area contributed by atoms with Crippen LogP contribution in [0.25, 0.3) is 0 Å². The molecule has 0 spiro atoms. The minimum atomic E-state index is -0.369. The molecule has 0 atom stereocenters. The fourth-order valence-corrected chi connectivity index (χ4v) is 1.58. The van der Waals surface area contributed by atoms with Crippen molar-refractivity contribution in [3.05, 3.63) is 24.0 Å². The molecule has 5 nitrogen and oxygen atoms in total. The van der Waals surface area contributed by atoms with Crippen LogP contribution in [-0.4, -0.2) is 30.3 Å². The predicted molar refractivity (Wildman–Crippen MR) is 57.9 cm³/mol. The lowest BCUT2D eigenvalue weighted by Crippen LogP contribution is -2.26.